The molecule has 0 N–H and O–H groups in total. The van der Waals surface area contributed by atoms with E-state index in [0.717, 1.165) is 0 Å². The van der Waals surface area contributed by atoms with E-state index in [4.69, 9.17) is 9.47 Å². The first-order valence-electron chi connectivity index (χ1n) is 6.88. The van der Waals surface area contributed by atoms with Crippen LogP contribution in [0.25, 0.3) is 0 Å². The number of rotatable bonds is 5. The highest BCUT2D eigenvalue weighted by atomic mass is 16.7. The second kappa shape index (κ2) is 6.76. The minimum Gasteiger partial charge on any atom is -0.355 e. The number of nitrogens with zero attached hydrogens (tertiary/aromatic N) is 1. The van der Waals surface area contributed by atoms with E-state index in [1.807, 2.05) is 0 Å². The minimum atomic E-state index is -0.585. The van der Waals surface area contributed by atoms with Gasteiger partial charge in [0.25, 0.3) is 5.69 Å². The zero-order valence-corrected chi connectivity index (χ0v) is 12.4. The third-order valence-corrected chi connectivity index (χ3v) is 3.62. The topological polar surface area (TPSA) is 95.7 Å². The van der Waals surface area contributed by atoms with Crippen molar-refractivity contribution >= 4 is 17.3 Å². The molecule has 1 saturated heterocycles. The van der Waals surface area contributed by atoms with Gasteiger partial charge in [-0.2, -0.15) is 0 Å². The van der Waals surface area contributed by atoms with Crippen LogP contribution in [0.3, 0.4) is 0 Å². The molecule has 2 atom stereocenters. The Bertz CT molecular complexity index is 612. The molecule has 0 amide bonds. The highest BCUT2D eigenvalue weighted by molar-refractivity contribution is 5.99. The van der Waals surface area contributed by atoms with Gasteiger partial charge < -0.3 is 9.47 Å². The molecule has 7 heteroatoms. The van der Waals surface area contributed by atoms with E-state index in [1.165, 1.54) is 25.1 Å². The Morgan fingerprint density at radius 3 is 2.73 bits per heavy atom. The van der Waals surface area contributed by atoms with Crippen molar-refractivity contribution in [3.05, 3.63) is 39.4 Å². The average Bonchev–Trinajstić information content (AvgIpc) is 2.46. The Morgan fingerprint density at radius 2 is 2.14 bits per heavy atom. The van der Waals surface area contributed by atoms with Gasteiger partial charge >= 0.3 is 0 Å². The van der Waals surface area contributed by atoms with Gasteiger partial charge in [-0.3, -0.25) is 19.7 Å². The number of ketones is 2. The second-order valence-corrected chi connectivity index (χ2v) is 5.33. The highest BCUT2D eigenvalue weighted by Gasteiger charge is 2.34. The van der Waals surface area contributed by atoms with Crippen molar-refractivity contribution in [3.8, 4) is 0 Å². The lowest BCUT2D eigenvalue weighted by atomic mass is 9.89. The minimum absolute atomic E-state index is 0.0343. The molecule has 7 nitrogen and oxygen atoms in total. The standard InChI is InChI=1S/C15H17NO6/c1-9-5-11(3-4-13(9)16(19)20)15(18)12-7-21-8-22-14(12)6-10(2)17/h3-5,12,14H,6-8H2,1-2H3. The summed E-state index contributed by atoms with van der Waals surface area (Å²) in [6.07, 6.45) is -0.375. The van der Waals surface area contributed by atoms with Gasteiger partial charge in [0.05, 0.1) is 23.6 Å². The normalized spacial score (nSPS) is 21.4. The fourth-order valence-electron chi connectivity index (χ4n) is 2.49. The van der Waals surface area contributed by atoms with Crippen molar-refractivity contribution in [2.45, 2.75) is 26.4 Å². The van der Waals surface area contributed by atoms with Crippen LogP contribution in [0.5, 0.6) is 0 Å². The van der Waals surface area contributed by atoms with Crippen molar-refractivity contribution in [3.63, 3.8) is 0 Å². The van der Waals surface area contributed by atoms with Gasteiger partial charge in [0.1, 0.15) is 12.6 Å². The van der Waals surface area contributed by atoms with Gasteiger partial charge in [0, 0.05) is 23.6 Å². The number of nitro groups is 1. The summed E-state index contributed by atoms with van der Waals surface area (Å²) < 4.78 is 10.5. The summed E-state index contributed by atoms with van der Waals surface area (Å²) >= 11 is 0. The predicted octanol–water partition coefficient (Wildman–Crippen LogP) is 2.05. The predicted molar refractivity (Wildman–Crippen MR) is 76.6 cm³/mol. The fraction of sp³-hybridized carbons (Fsp3) is 0.467. The van der Waals surface area contributed by atoms with Gasteiger partial charge in [-0.25, -0.2) is 0 Å². The molecule has 118 valence electrons. The number of nitro benzene ring substituents is 1. The number of hydrogen-bond acceptors (Lipinski definition) is 6. The quantitative estimate of drug-likeness (QED) is 0.469. The molecular weight excluding hydrogens is 290 g/mol. The molecule has 1 heterocycles. The Hall–Kier alpha value is -2.12. The number of aryl methyl sites for hydroxylation is 1. The molecule has 0 bridgehead atoms. The van der Waals surface area contributed by atoms with Gasteiger partial charge in [0.15, 0.2) is 5.78 Å². The van der Waals surface area contributed by atoms with Crippen LogP contribution in [0.2, 0.25) is 0 Å². The summed E-state index contributed by atoms with van der Waals surface area (Å²) in [5.74, 6) is -0.882. The zero-order valence-electron chi connectivity index (χ0n) is 12.4. The molecule has 1 aromatic carbocycles. The van der Waals surface area contributed by atoms with Crippen LogP contribution in [0, 0.1) is 23.0 Å². The van der Waals surface area contributed by atoms with Crippen LogP contribution in [-0.2, 0) is 14.3 Å². The van der Waals surface area contributed by atoms with Crippen molar-refractivity contribution in [2.24, 2.45) is 5.92 Å². The van der Waals surface area contributed by atoms with E-state index in [9.17, 15) is 19.7 Å². The number of ether oxygens (including phenoxy) is 2. The SMILES string of the molecule is CC(=O)CC1OCOCC1C(=O)c1ccc([N+](=O)[O-])c(C)c1. The molecule has 1 fully saturated rings. The summed E-state index contributed by atoms with van der Waals surface area (Å²) in [5, 5.41) is 10.8. The van der Waals surface area contributed by atoms with Crippen molar-refractivity contribution < 1.29 is 24.0 Å². The third kappa shape index (κ3) is 3.55. The van der Waals surface area contributed by atoms with Gasteiger partial charge in [-0.15, -0.1) is 0 Å². The molecule has 0 aliphatic carbocycles. The smallest absolute Gasteiger partial charge is 0.272 e. The van der Waals surface area contributed by atoms with E-state index >= 15 is 0 Å². The van der Waals surface area contributed by atoms with E-state index in [-0.39, 0.29) is 37.1 Å². The van der Waals surface area contributed by atoms with Gasteiger partial charge in [-0.1, -0.05) is 0 Å². The molecule has 1 aromatic rings. The van der Waals surface area contributed by atoms with Crippen molar-refractivity contribution in [2.75, 3.05) is 13.4 Å². The molecule has 2 rings (SSSR count). The summed E-state index contributed by atoms with van der Waals surface area (Å²) in [7, 11) is 0. The average molecular weight is 307 g/mol. The Labute approximate surface area is 127 Å². The number of carbonyl (C=O) groups is 2. The molecule has 0 radical (unpaired) electrons. The molecule has 0 aromatic heterocycles. The number of carbonyl (C=O) groups excluding carboxylic acids is 2. The Morgan fingerprint density at radius 1 is 1.41 bits per heavy atom. The maximum absolute atomic E-state index is 12.6. The van der Waals surface area contributed by atoms with E-state index in [1.54, 1.807) is 6.92 Å². The largest absolute Gasteiger partial charge is 0.355 e. The van der Waals surface area contributed by atoms with Crippen LogP contribution in [-0.4, -0.2) is 36.0 Å². The van der Waals surface area contributed by atoms with Crippen LogP contribution in [0.4, 0.5) is 5.69 Å². The molecule has 1 aliphatic rings. The number of hydrogen-bond donors (Lipinski definition) is 0. The monoisotopic (exact) mass is 307 g/mol. The maximum Gasteiger partial charge on any atom is 0.272 e. The molecule has 1 aliphatic heterocycles. The first kappa shape index (κ1) is 16.3. The Balaban J connectivity index is 2.23. The van der Waals surface area contributed by atoms with E-state index in [2.05, 4.69) is 0 Å². The third-order valence-electron chi connectivity index (χ3n) is 3.62. The Kier molecular flexibility index (Phi) is 4.99. The zero-order chi connectivity index (χ0) is 16.3. The summed E-state index contributed by atoms with van der Waals surface area (Å²) in [4.78, 5) is 34.2. The summed E-state index contributed by atoms with van der Waals surface area (Å²) in [5.41, 5.74) is 0.736. The maximum atomic E-state index is 12.6. The lowest BCUT2D eigenvalue weighted by Crippen LogP contribution is -2.40. The molecule has 0 saturated carbocycles. The van der Waals surface area contributed by atoms with Crippen molar-refractivity contribution in [1.82, 2.24) is 0 Å². The summed E-state index contributed by atoms with van der Waals surface area (Å²) in [6.45, 7) is 3.25. The molecule has 0 spiro atoms. The van der Waals surface area contributed by atoms with Gasteiger partial charge in [0.2, 0.25) is 0 Å². The fourth-order valence-corrected chi connectivity index (χ4v) is 2.49. The number of benzene rings is 1. The van der Waals surface area contributed by atoms with Crippen LogP contribution >= 0.6 is 0 Å². The van der Waals surface area contributed by atoms with Crippen LogP contribution < -0.4 is 0 Å². The van der Waals surface area contributed by atoms with Crippen LogP contribution in [0.15, 0.2) is 18.2 Å². The molecule has 22 heavy (non-hydrogen) atoms. The van der Waals surface area contributed by atoms with Crippen molar-refractivity contribution in [1.29, 1.82) is 0 Å². The lowest BCUT2D eigenvalue weighted by Gasteiger charge is -2.30. The molecular formula is C15H17NO6. The first-order chi connectivity index (χ1) is 10.4. The second-order valence-electron chi connectivity index (χ2n) is 5.33. The van der Waals surface area contributed by atoms with E-state index < -0.39 is 16.9 Å². The highest BCUT2D eigenvalue weighted by Crippen LogP contribution is 2.25. The number of Topliss-reactive ketones (excluding diaryl/α,β-unsaturated/α-hetero) is 2. The molecule has 2 unspecified atom stereocenters. The van der Waals surface area contributed by atoms with Crippen LogP contribution in [0.1, 0.15) is 29.3 Å². The lowest BCUT2D eigenvalue weighted by molar-refractivity contribution is -0.385. The first-order valence-corrected chi connectivity index (χ1v) is 6.88. The van der Waals surface area contributed by atoms with E-state index in [0.29, 0.717) is 11.1 Å². The summed E-state index contributed by atoms with van der Waals surface area (Å²) in [6, 6.07) is 4.22. The van der Waals surface area contributed by atoms with Gasteiger partial charge in [-0.05, 0) is 26.0 Å².